The van der Waals surface area contributed by atoms with E-state index in [-0.39, 0.29) is 5.97 Å². The van der Waals surface area contributed by atoms with Crippen LogP contribution in [0.25, 0.3) is 0 Å². The Hall–Kier alpha value is -0.790. The summed E-state index contributed by atoms with van der Waals surface area (Å²) in [4.78, 5) is 11.1. The fourth-order valence-corrected chi connectivity index (χ4v) is 1.99. The third kappa shape index (κ3) is 3.17. The largest absolute Gasteiger partial charge is 0.462 e. The van der Waals surface area contributed by atoms with Gasteiger partial charge in [-0.25, -0.2) is 4.79 Å². The minimum Gasteiger partial charge on any atom is -0.462 e. The van der Waals surface area contributed by atoms with Crippen molar-refractivity contribution in [2.24, 2.45) is 11.8 Å². The molecule has 1 aliphatic rings. The molecule has 80 valence electrons. The summed E-state index contributed by atoms with van der Waals surface area (Å²) in [5.74, 6) is 1.00. The number of carbonyl (C=O) groups is 1. The monoisotopic (exact) mass is 196 g/mol. The van der Waals surface area contributed by atoms with Crippen LogP contribution in [0.5, 0.6) is 0 Å². The molecule has 14 heavy (non-hydrogen) atoms. The highest BCUT2D eigenvalue weighted by atomic mass is 16.5. The first kappa shape index (κ1) is 11.3. The molecule has 1 aliphatic carbocycles. The van der Waals surface area contributed by atoms with Crippen molar-refractivity contribution in [1.29, 1.82) is 0 Å². The lowest BCUT2D eigenvalue weighted by atomic mass is 9.93. The van der Waals surface area contributed by atoms with Crippen molar-refractivity contribution < 1.29 is 9.53 Å². The van der Waals surface area contributed by atoms with E-state index in [4.69, 9.17) is 4.74 Å². The predicted octanol–water partition coefficient (Wildman–Crippen LogP) is 2.93. The lowest BCUT2D eigenvalue weighted by Gasteiger charge is -2.18. The van der Waals surface area contributed by atoms with Crippen LogP contribution in [0, 0.1) is 11.8 Å². The van der Waals surface area contributed by atoms with Gasteiger partial charge in [0.05, 0.1) is 6.61 Å². The molecule has 1 atom stereocenters. The fourth-order valence-electron chi connectivity index (χ4n) is 1.99. The summed E-state index contributed by atoms with van der Waals surface area (Å²) in [7, 11) is 0. The molecule has 2 heteroatoms. The first-order valence-corrected chi connectivity index (χ1v) is 5.44. The van der Waals surface area contributed by atoms with Crippen molar-refractivity contribution in [3.63, 3.8) is 0 Å². The van der Waals surface area contributed by atoms with E-state index in [0.29, 0.717) is 18.1 Å². The van der Waals surface area contributed by atoms with Gasteiger partial charge in [0, 0.05) is 5.57 Å². The van der Waals surface area contributed by atoms with E-state index in [1.165, 1.54) is 25.7 Å². The lowest BCUT2D eigenvalue weighted by Crippen LogP contribution is -2.17. The summed E-state index contributed by atoms with van der Waals surface area (Å²) < 4.78 is 5.14. The lowest BCUT2D eigenvalue weighted by molar-refractivity contribution is -0.140. The second-order valence-corrected chi connectivity index (χ2v) is 4.40. The third-order valence-electron chi connectivity index (χ3n) is 3.03. The van der Waals surface area contributed by atoms with Crippen LogP contribution in [0.4, 0.5) is 0 Å². The summed E-state index contributed by atoms with van der Waals surface area (Å²) in [6.45, 7) is 7.96. The molecule has 0 aliphatic heterocycles. The smallest absolute Gasteiger partial charge is 0.333 e. The molecule has 1 rings (SSSR count). The predicted molar refractivity (Wildman–Crippen MR) is 56.9 cm³/mol. The maximum atomic E-state index is 11.1. The minimum absolute atomic E-state index is 0.255. The van der Waals surface area contributed by atoms with E-state index in [1.54, 1.807) is 6.92 Å². The Morgan fingerprint density at radius 3 is 2.57 bits per heavy atom. The van der Waals surface area contributed by atoms with Gasteiger partial charge in [-0.15, -0.1) is 0 Å². The van der Waals surface area contributed by atoms with Gasteiger partial charge in [-0.2, -0.15) is 0 Å². The molecule has 0 radical (unpaired) electrons. The minimum atomic E-state index is -0.255. The normalized spacial score (nSPS) is 19.3. The zero-order valence-corrected chi connectivity index (χ0v) is 9.21. The molecule has 0 aromatic carbocycles. The number of carbonyl (C=O) groups excluding carboxylic acids is 1. The Morgan fingerprint density at radius 1 is 1.50 bits per heavy atom. The SMILES string of the molecule is C=C(C)C(=O)OCC(C)C1CCCC1. The average Bonchev–Trinajstić information content (AvgIpc) is 2.66. The van der Waals surface area contributed by atoms with E-state index in [0.717, 1.165) is 5.92 Å². The van der Waals surface area contributed by atoms with E-state index >= 15 is 0 Å². The van der Waals surface area contributed by atoms with Gasteiger partial charge in [-0.05, 0) is 18.8 Å². The zero-order chi connectivity index (χ0) is 10.6. The quantitative estimate of drug-likeness (QED) is 0.510. The first-order valence-electron chi connectivity index (χ1n) is 5.44. The number of ether oxygens (including phenoxy) is 1. The Bertz CT molecular complexity index is 214. The van der Waals surface area contributed by atoms with Crippen LogP contribution in [0.15, 0.2) is 12.2 Å². The molecule has 2 nitrogen and oxygen atoms in total. The molecule has 1 fully saturated rings. The van der Waals surface area contributed by atoms with E-state index < -0.39 is 0 Å². The summed E-state index contributed by atoms with van der Waals surface area (Å²) in [5.41, 5.74) is 0.489. The highest BCUT2D eigenvalue weighted by molar-refractivity contribution is 5.86. The molecule has 0 saturated heterocycles. The Labute approximate surface area is 86.3 Å². The Kier molecular flexibility index (Phi) is 4.18. The number of hydrogen-bond acceptors (Lipinski definition) is 2. The molecule has 0 aromatic rings. The van der Waals surface area contributed by atoms with Gasteiger partial charge in [-0.1, -0.05) is 39.2 Å². The van der Waals surface area contributed by atoms with Gasteiger partial charge >= 0.3 is 5.97 Å². The van der Waals surface area contributed by atoms with Crippen LogP contribution in [0.2, 0.25) is 0 Å². The van der Waals surface area contributed by atoms with Crippen LogP contribution >= 0.6 is 0 Å². The standard InChI is InChI=1S/C12H20O2/c1-9(2)12(13)14-8-10(3)11-6-4-5-7-11/h10-11H,1,4-8H2,2-3H3. The fraction of sp³-hybridized carbons (Fsp3) is 0.750. The molecule has 0 amide bonds. The van der Waals surface area contributed by atoms with Gasteiger partial charge < -0.3 is 4.74 Å². The summed E-state index contributed by atoms with van der Waals surface area (Å²) in [6, 6.07) is 0. The van der Waals surface area contributed by atoms with Crippen molar-refractivity contribution in [2.75, 3.05) is 6.61 Å². The number of rotatable bonds is 4. The third-order valence-corrected chi connectivity index (χ3v) is 3.03. The van der Waals surface area contributed by atoms with Crippen molar-refractivity contribution in [2.45, 2.75) is 39.5 Å². The molecular formula is C12H20O2. The van der Waals surface area contributed by atoms with E-state index in [9.17, 15) is 4.79 Å². The molecule has 0 spiro atoms. The van der Waals surface area contributed by atoms with Crippen LogP contribution in [0.3, 0.4) is 0 Å². The Balaban J connectivity index is 2.23. The van der Waals surface area contributed by atoms with Gasteiger partial charge in [0.1, 0.15) is 0 Å². The van der Waals surface area contributed by atoms with Crippen molar-refractivity contribution in [3.05, 3.63) is 12.2 Å². The topological polar surface area (TPSA) is 26.3 Å². The molecule has 0 N–H and O–H groups in total. The van der Waals surface area contributed by atoms with Crippen LogP contribution in [0.1, 0.15) is 39.5 Å². The number of hydrogen-bond donors (Lipinski definition) is 0. The molecule has 0 bridgehead atoms. The maximum Gasteiger partial charge on any atom is 0.333 e. The molecule has 0 aromatic heterocycles. The summed E-state index contributed by atoms with van der Waals surface area (Å²) >= 11 is 0. The van der Waals surface area contributed by atoms with Crippen molar-refractivity contribution in [3.8, 4) is 0 Å². The second kappa shape index (κ2) is 5.18. The number of esters is 1. The zero-order valence-electron chi connectivity index (χ0n) is 9.21. The first-order chi connectivity index (χ1) is 6.61. The van der Waals surface area contributed by atoms with Gasteiger partial charge in [0.2, 0.25) is 0 Å². The molecule has 0 heterocycles. The summed E-state index contributed by atoms with van der Waals surface area (Å²) in [5, 5.41) is 0. The Morgan fingerprint density at radius 2 is 2.07 bits per heavy atom. The highest BCUT2D eigenvalue weighted by Crippen LogP contribution is 2.31. The highest BCUT2D eigenvalue weighted by Gasteiger charge is 2.22. The van der Waals surface area contributed by atoms with Crippen LogP contribution < -0.4 is 0 Å². The summed E-state index contributed by atoms with van der Waals surface area (Å²) in [6.07, 6.45) is 5.27. The van der Waals surface area contributed by atoms with E-state index in [1.807, 2.05) is 0 Å². The van der Waals surface area contributed by atoms with E-state index in [2.05, 4.69) is 13.5 Å². The van der Waals surface area contributed by atoms with Gasteiger partial charge in [0.25, 0.3) is 0 Å². The van der Waals surface area contributed by atoms with Gasteiger partial charge in [-0.3, -0.25) is 0 Å². The average molecular weight is 196 g/mol. The van der Waals surface area contributed by atoms with Crippen molar-refractivity contribution >= 4 is 5.97 Å². The second-order valence-electron chi connectivity index (χ2n) is 4.40. The van der Waals surface area contributed by atoms with Gasteiger partial charge in [0.15, 0.2) is 0 Å². The maximum absolute atomic E-state index is 11.1. The van der Waals surface area contributed by atoms with Crippen molar-refractivity contribution in [1.82, 2.24) is 0 Å². The molecule has 1 unspecified atom stereocenters. The molecule has 1 saturated carbocycles. The molecular weight excluding hydrogens is 176 g/mol. The van der Waals surface area contributed by atoms with Crippen LogP contribution in [-0.4, -0.2) is 12.6 Å². The van der Waals surface area contributed by atoms with Crippen LogP contribution in [-0.2, 0) is 9.53 Å².